The number of amides is 2. The van der Waals surface area contributed by atoms with Gasteiger partial charge in [0.25, 0.3) is 0 Å². The number of carbonyl (C=O) groups excluding carboxylic acids is 2. The fourth-order valence-corrected chi connectivity index (χ4v) is 7.58. The van der Waals surface area contributed by atoms with Crippen LogP contribution in [-0.4, -0.2) is 69.9 Å². The maximum Gasteiger partial charge on any atom is 0.410 e. The van der Waals surface area contributed by atoms with Gasteiger partial charge in [-0.25, -0.2) is 9.78 Å². The molecule has 3 aromatic heterocycles. The summed E-state index contributed by atoms with van der Waals surface area (Å²) >= 11 is 0. The van der Waals surface area contributed by atoms with Crippen LogP contribution >= 0.6 is 0 Å². The van der Waals surface area contributed by atoms with Crippen LogP contribution in [0.25, 0.3) is 11.3 Å². The van der Waals surface area contributed by atoms with Crippen molar-refractivity contribution in [2.75, 3.05) is 26.9 Å². The van der Waals surface area contributed by atoms with Gasteiger partial charge in [-0.1, -0.05) is 0 Å². The van der Waals surface area contributed by atoms with E-state index in [1.165, 1.54) is 0 Å². The molecule has 258 valence electrons. The van der Waals surface area contributed by atoms with Crippen molar-refractivity contribution in [2.45, 2.75) is 102 Å². The van der Waals surface area contributed by atoms with Crippen LogP contribution in [0.2, 0.25) is 0 Å². The molecule has 3 aliphatic carbocycles. The first-order valence-corrected chi connectivity index (χ1v) is 17.7. The van der Waals surface area contributed by atoms with Crippen molar-refractivity contribution in [3.8, 4) is 17.0 Å². The number of aryl methyl sites for hydroxylation is 1. The van der Waals surface area contributed by atoms with E-state index in [1.807, 2.05) is 32.2 Å². The normalized spacial score (nSPS) is 23.2. The van der Waals surface area contributed by atoms with Crippen LogP contribution in [0.3, 0.4) is 0 Å². The molecule has 0 saturated heterocycles. The van der Waals surface area contributed by atoms with E-state index in [4.69, 9.17) is 33.9 Å². The SMILES string of the molecule is CCN(C(=O)OCCO)C1CCC(C(=O)NC(c2cc(-c3coc(C4CC4)n3)ccn2)C2CCC(c3ccc(OC)c(C)n3)CC2)CC1. The lowest BCUT2D eigenvalue weighted by atomic mass is 9.76. The Balaban J connectivity index is 1.16. The van der Waals surface area contributed by atoms with Gasteiger partial charge in [-0.05, 0) is 108 Å². The summed E-state index contributed by atoms with van der Waals surface area (Å²) in [5.41, 5.74) is 4.58. The van der Waals surface area contributed by atoms with Gasteiger partial charge < -0.3 is 29.2 Å². The molecule has 3 aromatic rings. The zero-order valence-electron chi connectivity index (χ0n) is 28.4. The quantitative estimate of drug-likeness (QED) is 0.224. The summed E-state index contributed by atoms with van der Waals surface area (Å²) in [6.45, 7) is 4.22. The third-order valence-corrected chi connectivity index (χ3v) is 10.5. The number of nitrogens with zero attached hydrogens (tertiary/aromatic N) is 4. The average molecular weight is 660 g/mol. The van der Waals surface area contributed by atoms with Crippen LogP contribution < -0.4 is 10.1 Å². The summed E-state index contributed by atoms with van der Waals surface area (Å²) in [4.78, 5) is 42.6. The number of ether oxygens (including phenoxy) is 2. The predicted molar refractivity (Wildman–Crippen MR) is 179 cm³/mol. The molecule has 6 rings (SSSR count). The molecule has 3 aliphatic rings. The number of aliphatic hydroxyl groups excluding tert-OH is 1. The van der Waals surface area contributed by atoms with Gasteiger partial charge in [-0.2, -0.15) is 0 Å². The highest BCUT2D eigenvalue weighted by Crippen LogP contribution is 2.43. The van der Waals surface area contributed by atoms with Crippen molar-refractivity contribution < 1.29 is 28.6 Å². The van der Waals surface area contributed by atoms with Crippen molar-refractivity contribution in [3.63, 3.8) is 0 Å². The summed E-state index contributed by atoms with van der Waals surface area (Å²) < 4.78 is 16.4. The maximum absolute atomic E-state index is 13.9. The first-order valence-electron chi connectivity index (χ1n) is 17.7. The smallest absolute Gasteiger partial charge is 0.410 e. The topological polar surface area (TPSA) is 140 Å². The molecule has 2 amide bonds. The van der Waals surface area contributed by atoms with Crippen molar-refractivity contribution in [3.05, 3.63) is 59.7 Å². The van der Waals surface area contributed by atoms with E-state index in [-0.39, 0.29) is 43.0 Å². The Kier molecular flexibility index (Phi) is 10.9. The molecule has 0 aliphatic heterocycles. The zero-order chi connectivity index (χ0) is 33.6. The Morgan fingerprint density at radius 2 is 1.77 bits per heavy atom. The molecule has 0 radical (unpaired) electrons. The number of nitrogens with one attached hydrogen (secondary N) is 1. The van der Waals surface area contributed by atoms with Crippen molar-refractivity contribution in [1.82, 2.24) is 25.2 Å². The Morgan fingerprint density at radius 3 is 2.44 bits per heavy atom. The van der Waals surface area contributed by atoms with E-state index in [1.54, 1.807) is 18.3 Å². The van der Waals surface area contributed by atoms with Gasteiger partial charge >= 0.3 is 6.09 Å². The highest BCUT2D eigenvalue weighted by Gasteiger charge is 2.36. The molecule has 0 bridgehead atoms. The maximum atomic E-state index is 13.9. The average Bonchev–Trinajstić information content (AvgIpc) is 3.86. The van der Waals surface area contributed by atoms with Gasteiger partial charge in [0.15, 0.2) is 5.89 Å². The number of oxazole rings is 1. The van der Waals surface area contributed by atoms with Crippen LogP contribution in [0, 0.1) is 18.8 Å². The molecule has 1 atom stereocenters. The number of aliphatic hydroxyl groups is 1. The molecule has 11 nitrogen and oxygen atoms in total. The molecule has 2 N–H and O–H groups in total. The van der Waals surface area contributed by atoms with Gasteiger partial charge in [-0.15, -0.1) is 0 Å². The largest absolute Gasteiger partial charge is 0.495 e. The van der Waals surface area contributed by atoms with E-state index >= 15 is 0 Å². The number of rotatable bonds is 12. The molecule has 0 spiro atoms. The minimum atomic E-state index is -0.405. The van der Waals surface area contributed by atoms with Gasteiger partial charge in [0.1, 0.15) is 24.3 Å². The van der Waals surface area contributed by atoms with E-state index < -0.39 is 6.09 Å². The van der Waals surface area contributed by atoms with Crippen molar-refractivity contribution in [1.29, 1.82) is 0 Å². The fourth-order valence-electron chi connectivity index (χ4n) is 7.58. The molecule has 48 heavy (non-hydrogen) atoms. The molecule has 3 heterocycles. The van der Waals surface area contributed by atoms with Gasteiger partial charge in [-0.3, -0.25) is 14.8 Å². The fraction of sp³-hybridized carbons (Fsp3) is 0.595. The number of methoxy groups -OCH3 is 1. The molecule has 3 fully saturated rings. The first kappa shape index (κ1) is 33.9. The Hall–Kier alpha value is -3.99. The third kappa shape index (κ3) is 7.83. The summed E-state index contributed by atoms with van der Waals surface area (Å²) in [5, 5.41) is 12.5. The standard InChI is InChI=1S/C37H49N5O6/c1-4-42(37(45)47-20-19-43)29-13-11-26(12-14-29)35(44)41-34(25-7-5-24(6-8-25)30-15-16-33(46-3)23(2)39-30)31-21-28(17-18-38-31)32-22-48-36(40-32)27-9-10-27/h15-18,21-22,24-27,29,34,43H,4-14,19-20H2,1-3H3,(H,41,44). The van der Waals surface area contributed by atoms with Gasteiger partial charge in [0.2, 0.25) is 5.91 Å². The van der Waals surface area contributed by atoms with Crippen molar-refractivity contribution >= 4 is 12.0 Å². The van der Waals surface area contributed by atoms with E-state index in [0.717, 1.165) is 91.3 Å². The Labute approximate surface area is 282 Å². The molecule has 1 unspecified atom stereocenters. The molecule has 3 saturated carbocycles. The number of hydrogen-bond acceptors (Lipinski definition) is 9. The van der Waals surface area contributed by atoms with E-state index in [9.17, 15) is 9.59 Å². The van der Waals surface area contributed by atoms with Crippen molar-refractivity contribution in [2.24, 2.45) is 11.8 Å². The monoisotopic (exact) mass is 659 g/mol. The van der Waals surface area contributed by atoms with Crippen LogP contribution in [0.5, 0.6) is 5.75 Å². The highest BCUT2D eigenvalue weighted by molar-refractivity contribution is 5.79. The molecular formula is C37H49N5O6. The third-order valence-electron chi connectivity index (χ3n) is 10.5. The molecular weight excluding hydrogens is 610 g/mol. The second-order valence-corrected chi connectivity index (χ2v) is 13.6. The number of carbonyl (C=O) groups is 2. The zero-order valence-corrected chi connectivity index (χ0v) is 28.4. The van der Waals surface area contributed by atoms with Crippen LogP contribution in [0.1, 0.15) is 112 Å². The number of pyridine rings is 2. The Bertz CT molecular complexity index is 1540. The van der Waals surface area contributed by atoms with Crippen LogP contribution in [0.15, 0.2) is 41.1 Å². The number of hydrogen-bond donors (Lipinski definition) is 2. The van der Waals surface area contributed by atoms with E-state index in [2.05, 4.69) is 17.4 Å². The van der Waals surface area contributed by atoms with Crippen LogP contribution in [-0.2, 0) is 9.53 Å². The molecule has 11 heteroatoms. The minimum Gasteiger partial charge on any atom is -0.495 e. The number of aromatic nitrogens is 3. The molecule has 0 aromatic carbocycles. The summed E-state index contributed by atoms with van der Waals surface area (Å²) in [6, 6.07) is 7.89. The highest BCUT2D eigenvalue weighted by atomic mass is 16.6. The first-order chi connectivity index (χ1) is 23.4. The second-order valence-electron chi connectivity index (χ2n) is 13.6. The summed E-state index contributed by atoms with van der Waals surface area (Å²) in [7, 11) is 1.67. The summed E-state index contributed by atoms with van der Waals surface area (Å²) in [5.74, 6) is 2.51. The lowest BCUT2D eigenvalue weighted by Gasteiger charge is -2.37. The minimum absolute atomic E-state index is 0.0137. The van der Waals surface area contributed by atoms with Gasteiger partial charge in [0, 0.05) is 47.8 Å². The Morgan fingerprint density at radius 1 is 1.02 bits per heavy atom. The second kappa shape index (κ2) is 15.5. The predicted octanol–water partition coefficient (Wildman–Crippen LogP) is 6.47. The van der Waals surface area contributed by atoms with Gasteiger partial charge in [0.05, 0.1) is 31.1 Å². The van der Waals surface area contributed by atoms with E-state index in [0.29, 0.717) is 31.2 Å². The lowest BCUT2D eigenvalue weighted by Crippen LogP contribution is -2.45. The lowest BCUT2D eigenvalue weighted by molar-refractivity contribution is -0.127. The summed E-state index contributed by atoms with van der Waals surface area (Å²) in [6.07, 6.45) is 12.1. The van der Waals surface area contributed by atoms with Crippen LogP contribution in [0.4, 0.5) is 4.79 Å².